The van der Waals surface area contributed by atoms with E-state index >= 15 is 0 Å². The number of aliphatic hydroxyl groups excluding tert-OH is 1. The lowest BCUT2D eigenvalue weighted by Gasteiger charge is -2.04. The van der Waals surface area contributed by atoms with E-state index in [9.17, 15) is 0 Å². The molecule has 2 N–H and O–H groups in total. The largest absolute Gasteiger partial charge is 0.486 e. The van der Waals surface area contributed by atoms with Gasteiger partial charge in [-0.1, -0.05) is 0 Å². The van der Waals surface area contributed by atoms with Crippen LogP contribution < -0.4 is 10.1 Å². The van der Waals surface area contributed by atoms with Gasteiger partial charge in [0.2, 0.25) is 0 Å². The van der Waals surface area contributed by atoms with Gasteiger partial charge < -0.3 is 15.2 Å². The van der Waals surface area contributed by atoms with Gasteiger partial charge in [0, 0.05) is 11.4 Å². The average molecular weight is 294 g/mol. The van der Waals surface area contributed by atoms with Crippen molar-refractivity contribution >= 4 is 27.3 Å². The molecule has 1 rings (SSSR count). The van der Waals surface area contributed by atoms with Crippen molar-refractivity contribution in [3.05, 3.63) is 15.4 Å². The Bertz CT molecular complexity index is 302. The Balaban J connectivity index is 2.31. The molecule has 0 aliphatic rings. The van der Waals surface area contributed by atoms with Crippen molar-refractivity contribution in [2.24, 2.45) is 0 Å². The van der Waals surface area contributed by atoms with Crippen molar-refractivity contribution in [2.75, 3.05) is 13.7 Å². The number of thiophene rings is 1. The summed E-state index contributed by atoms with van der Waals surface area (Å²) in [4.78, 5) is 1.23. The van der Waals surface area contributed by atoms with Crippen LogP contribution in [-0.4, -0.2) is 24.9 Å². The molecule has 1 heterocycles. The lowest BCUT2D eigenvalue weighted by atomic mass is 10.3. The number of hydrogen-bond donors (Lipinski definition) is 2. The Kier molecular flexibility index (Phi) is 5.60. The molecular formula is C10H16BrNO2S. The van der Waals surface area contributed by atoms with Crippen LogP contribution in [0.25, 0.3) is 0 Å². The molecular weight excluding hydrogens is 278 g/mol. The maximum absolute atomic E-state index is 9.07. The molecule has 0 spiro atoms. The van der Waals surface area contributed by atoms with Crippen molar-refractivity contribution in [1.29, 1.82) is 0 Å². The number of rotatable bonds is 6. The normalized spacial score (nSPS) is 12.8. The fourth-order valence-electron chi connectivity index (χ4n) is 1.15. The zero-order valence-corrected chi connectivity index (χ0v) is 11.3. The Hall–Kier alpha value is -0.100. The predicted molar refractivity (Wildman–Crippen MR) is 66.6 cm³/mol. The Morgan fingerprint density at radius 1 is 1.67 bits per heavy atom. The first kappa shape index (κ1) is 13.0. The summed E-state index contributed by atoms with van der Waals surface area (Å²) in [6.07, 6.45) is 0.547. The second-order valence-corrected chi connectivity index (χ2v) is 5.32. The van der Waals surface area contributed by atoms with Crippen LogP contribution in [0.2, 0.25) is 0 Å². The van der Waals surface area contributed by atoms with E-state index in [-0.39, 0.29) is 6.10 Å². The van der Waals surface area contributed by atoms with E-state index in [2.05, 4.69) is 27.3 Å². The highest BCUT2D eigenvalue weighted by atomic mass is 79.9. The van der Waals surface area contributed by atoms with E-state index in [1.807, 2.05) is 0 Å². The zero-order valence-electron chi connectivity index (χ0n) is 8.92. The molecule has 1 aromatic heterocycles. The summed E-state index contributed by atoms with van der Waals surface area (Å²) in [5.74, 6) is 0. The highest BCUT2D eigenvalue weighted by molar-refractivity contribution is 9.10. The van der Waals surface area contributed by atoms with Crippen molar-refractivity contribution in [3.8, 4) is 5.06 Å². The third-order valence-corrected chi connectivity index (χ3v) is 3.88. The van der Waals surface area contributed by atoms with Gasteiger partial charge in [-0.2, -0.15) is 0 Å². The number of nitrogens with one attached hydrogen (secondary N) is 1. The van der Waals surface area contributed by atoms with Crippen LogP contribution in [0, 0.1) is 0 Å². The molecule has 0 radical (unpaired) electrons. The van der Waals surface area contributed by atoms with Crippen molar-refractivity contribution in [1.82, 2.24) is 5.32 Å². The Morgan fingerprint density at radius 2 is 2.40 bits per heavy atom. The third-order valence-electron chi connectivity index (χ3n) is 1.93. The van der Waals surface area contributed by atoms with Crippen LogP contribution in [0.3, 0.4) is 0 Å². The van der Waals surface area contributed by atoms with Gasteiger partial charge in [0.1, 0.15) is 0 Å². The summed E-state index contributed by atoms with van der Waals surface area (Å²) < 4.78 is 6.18. The van der Waals surface area contributed by atoms with Crippen LogP contribution in [0.5, 0.6) is 5.06 Å². The fourth-order valence-corrected chi connectivity index (χ4v) is 2.81. The van der Waals surface area contributed by atoms with Gasteiger partial charge in [-0.05, 0) is 41.9 Å². The molecule has 1 aromatic rings. The molecule has 0 fully saturated rings. The van der Waals surface area contributed by atoms with Crippen molar-refractivity contribution < 1.29 is 9.84 Å². The topological polar surface area (TPSA) is 41.5 Å². The van der Waals surface area contributed by atoms with E-state index in [1.165, 1.54) is 4.88 Å². The highest BCUT2D eigenvalue weighted by Crippen LogP contribution is 2.34. The molecule has 3 nitrogen and oxygen atoms in total. The maximum atomic E-state index is 9.07. The summed E-state index contributed by atoms with van der Waals surface area (Å²) in [7, 11) is 1.67. The second kappa shape index (κ2) is 6.48. The van der Waals surface area contributed by atoms with Crippen LogP contribution >= 0.6 is 27.3 Å². The first-order valence-corrected chi connectivity index (χ1v) is 6.45. The molecule has 86 valence electrons. The number of aliphatic hydroxyl groups is 1. The van der Waals surface area contributed by atoms with Crippen molar-refractivity contribution in [2.45, 2.75) is 26.0 Å². The Labute approximate surface area is 103 Å². The third kappa shape index (κ3) is 4.51. The van der Waals surface area contributed by atoms with Crippen LogP contribution in [0.1, 0.15) is 18.2 Å². The van der Waals surface area contributed by atoms with Gasteiger partial charge in [0.05, 0.1) is 17.7 Å². The fraction of sp³-hybridized carbons (Fsp3) is 0.600. The summed E-state index contributed by atoms with van der Waals surface area (Å²) in [5, 5.41) is 13.2. The number of methoxy groups -OCH3 is 1. The standard InChI is InChI=1S/C10H16BrNO2S/c1-7(13)3-4-12-6-8-5-9(11)10(14-2)15-8/h5,7,12-13H,3-4,6H2,1-2H3. The molecule has 0 aliphatic heterocycles. The monoisotopic (exact) mass is 293 g/mol. The predicted octanol–water partition coefficient (Wildman–Crippen LogP) is 2.38. The molecule has 0 saturated heterocycles. The zero-order chi connectivity index (χ0) is 11.3. The van der Waals surface area contributed by atoms with E-state index in [0.717, 1.165) is 29.0 Å². The van der Waals surface area contributed by atoms with Gasteiger partial charge >= 0.3 is 0 Å². The van der Waals surface area contributed by atoms with Crippen LogP contribution in [-0.2, 0) is 6.54 Å². The van der Waals surface area contributed by atoms with Gasteiger partial charge in [-0.25, -0.2) is 0 Å². The van der Waals surface area contributed by atoms with E-state index < -0.39 is 0 Å². The highest BCUT2D eigenvalue weighted by Gasteiger charge is 2.06. The lowest BCUT2D eigenvalue weighted by molar-refractivity contribution is 0.183. The van der Waals surface area contributed by atoms with Crippen LogP contribution in [0.15, 0.2) is 10.5 Å². The molecule has 0 bridgehead atoms. The minimum Gasteiger partial charge on any atom is -0.486 e. The van der Waals surface area contributed by atoms with Gasteiger partial charge in [0.15, 0.2) is 5.06 Å². The number of ether oxygens (including phenoxy) is 1. The lowest BCUT2D eigenvalue weighted by Crippen LogP contribution is -2.17. The average Bonchev–Trinajstić information content (AvgIpc) is 2.53. The van der Waals surface area contributed by atoms with E-state index in [0.29, 0.717) is 0 Å². The smallest absolute Gasteiger partial charge is 0.188 e. The number of hydrogen-bond acceptors (Lipinski definition) is 4. The van der Waals surface area contributed by atoms with Gasteiger partial charge in [-0.3, -0.25) is 0 Å². The molecule has 15 heavy (non-hydrogen) atoms. The summed E-state index contributed by atoms with van der Waals surface area (Å²) >= 11 is 5.05. The van der Waals surface area contributed by atoms with Crippen LogP contribution in [0.4, 0.5) is 0 Å². The van der Waals surface area contributed by atoms with Gasteiger partial charge in [0.25, 0.3) is 0 Å². The Morgan fingerprint density at radius 3 is 2.93 bits per heavy atom. The molecule has 0 aromatic carbocycles. The number of halogens is 1. The molecule has 1 unspecified atom stereocenters. The first-order chi connectivity index (χ1) is 7.13. The minimum absolute atomic E-state index is 0.234. The quantitative estimate of drug-likeness (QED) is 0.792. The van der Waals surface area contributed by atoms with Crippen molar-refractivity contribution in [3.63, 3.8) is 0 Å². The second-order valence-electron chi connectivity index (χ2n) is 3.37. The minimum atomic E-state index is -0.234. The molecule has 5 heteroatoms. The maximum Gasteiger partial charge on any atom is 0.188 e. The van der Waals surface area contributed by atoms with Gasteiger partial charge in [-0.15, -0.1) is 11.3 Å². The molecule has 0 saturated carbocycles. The van der Waals surface area contributed by atoms with E-state index in [1.54, 1.807) is 25.4 Å². The molecule has 0 aliphatic carbocycles. The van der Waals surface area contributed by atoms with E-state index in [4.69, 9.17) is 9.84 Å². The summed E-state index contributed by atoms with van der Waals surface area (Å²) in [5.41, 5.74) is 0. The summed E-state index contributed by atoms with van der Waals surface area (Å²) in [6, 6.07) is 2.05. The summed E-state index contributed by atoms with van der Waals surface area (Å²) in [6.45, 7) is 3.45. The first-order valence-electron chi connectivity index (χ1n) is 4.84. The molecule has 0 amide bonds. The SMILES string of the molecule is COc1sc(CNCCC(C)O)cc1Br. The molecule has 1 atom stereocenters.